The first kappa shape index (κ1) is 21.4. The highest BCUT2D eigenvalue weighted by Gasteiger charge is 2.26. The van der Waals surface area contributed by atoms with Crippen LogP contribution in [0.1, 0.15) is 40.0 Å². The number of rotatable bonds is 5. The zero-order valence-corrected chi connectivity index (χ0v) is 17.9. The number of aliphatic hydroxyl groups is 1. The van der Waals surface area contributed by atoms with E-state index < -0.39 is 0 Å². The van der Waals surface area contributed by atoms with Crippen LogP contribution in [-0.4, -0.2) is 50.6 Å². The van der Waals surface area contributed by atoms with E-state index in [1.165, 1.54) is 4.88 Å². The summed E-state index contributed by atoms with van der Waals surface area (Å²) in [6.45, 7) is 3.06. The first-order valence-electron chi connectivity index (χ1n) is 9.22. The Bertz CT molecular complexity index is 971. The maximum Gasteiger partial charge on any atom is 0.271 e. The lowest BCUT2D eigenvalue weighted by Crippen LogP contribution is -2.26. The van der Waals surface area contributed by atoms with Crippen LogP contribution in [0, 0.1) is 6.92 Å². The van der Waals surface area contributed by atoms with Gasteiger partial charge in [-0.15, -0.1) is 23.7 Å². The van der Waals surface area contributed by atoms with E-state index in [9.17, 15) is 9.90 Å². The molecular formula is C20H24ClN5O2S. The summed E-state index contributed by atoms with van der Waals surface area (Å²) in [5.74, 6) is 0.581. The van der Waals surface area contributed by atoms with E-state index in [4.69, 9.17) is 0 Å². The summed E-state index contributed by atoms with van der Waals surface area (Å²) < 4.78 is 0. The van der Waals surface area contributed by atoms with Crippen LogP contribution >= 0.6 is 23.7 Å². The highest BCUT2D eigenvalue weighted by Crippen LogP contribution is 2.27. The smallest absolute Gasteiger partial charge is 0.271 e. The van der Waals surface area contributed by atoms with E-state index in [2.05, 4.69) is 32.4 Å². The summed E-state index contributed by atoms with van der Waals surface area (Å²) >= 11 is 1.63. The van der Waals surface area contributed by atoms with Gasteiger partial charge in [0.25, 0.3) is 5.91 Å². The lowest BCUT2D eigenvalue weighted by Gasteiger charge is -2.16. The van der Waals surface area contributed by atoms with E-state index in [-0.39, 0.29) is 30.5 Å². The number of aryl methyl sites for hydroxylation is 1. The monoisotopic (exact) mass is 433 g/mol. The summed E-state index contributed by atoms with van der Waals surface area (Å²) in [4.78, 5) is 27.3. The molecule has 2 aromatic heterocycles. The zero-order chi connectivity index (χ0) is 19.7. The SMILES string of the molecule is Cc1ncsc1-c1ccc(CN(C)C(=O)c2cnc([C@@H]3C[C@@H](O)CN3)[nH]2)cc1.Cl. The van der Waals surface area contributed by atoms with E-state index in [1.54, 1.807) is 29.5 Å². The molecule has 0 radical (unpaired) electrons. The maximum absolute atomic E-state index is 12.7. The Kier molecular flexibility index (Phi) is 6.69. The predicted octanol–water partition coefficient (Wildman–Crippen LogP) is 2.93. The standard InChI is InChI=1S/C20H23N5O2S.ClH/c1-12-18(28-11-23-12)14-5-3-13(4-6-14)10-25(2)20(27)17-9-22-19(24-17)16-7-15(26)8-21-16;/h3-6,9,11,15-16,21,26H,7-8,10H2,1-2H3,(H,22,24);1H/t15-,16+;/m1./s1. The third-order valence-electron chi connectivity index (χ3n) is 4.99. The average Bonchev–Trinajstić information content (AvgIpc) is 3.42. The molecule has 0 aliphatic carbocycles. The predicted molar refractivity (Wildman–Crippen MR) is 115 cm³/mol. The topological polar surface area (TPSA) is 94.1 Å². The third kappa shape index (κ3) is 4.67. The summed E-state index contributed by atoms with van der Waals surface area (Å²) in [6.07, 6.45) is 1.80. The Morgan fingerprint density at radius 2 is 2.07 bits per heavy atom. The number of benzene rings is 1. The second-order valence-corrected chi connectivity index (χ2v) is 8.01. The Morgan fingerprint density at radius 1 is 1.31 bits per heavy atom. The van der Waals surface area contributed by atoms with E-state index in [1.807, 2.05) is 24.6 Å². The molecule has 1 aromatic carbocycles. The quantitative estimate of drug-likeness (QED) is 0.575. The minimum absolute atomic E-state index is 0. The number of imidazole rings is 1. The number of H-pyrrole nitrogens is 1. The van der Waals surface area contributed by atoms with Crippen molar-refractivity contribution in [1.82, 2.24) is 25.2 Å². The molecule has 1 fully saturated rings. The van der Waals surface area contributed by atoms with Crippen LogP contribution in [0.3, 0.4) is 0 Å². The van der Waals surface area contributed by atoms with Gasteiger partial charge in [-0.1, -0.05) is 24.3 Å². The summed E-state index contributed by atoms with van der Waals surface area (Å²) in [5.41, 5.74) is 5.54. The number of carbonyl (C=O) groups is 1. The molecule has 0 spiro atoms. The Labute approximate surface area is 179 Å². The number of nitrogens with zero attached hydrogens (tertiary/aromatic N) is 3. The molecule has 3 aromatic rings. The van der Waals surface area contributed by atoms with Crippen LogP contribution in [0.2, 0.25) is 0 Å². The average molecular weight is 434 g/mol. The van der Waals surface area contributed by atoms with Crippen molar-refractivity contribution in [3.8, 4) is 10.4 Å². The molecule has 0 saturated carbocycles. The van der Waals surface area contributed by atoms with Crippen molar-refractivity contribution >= 4 is 29.7 Å². The number of amides is 1. The van der Waals surface area contributed by atoms with Crippen molar-refractivity contribution < 1.29 is 9.90 Å². The second-order valence-electron chi connectivity index (χ2n) is 7.16. The van der Waals surface area contributed by atoms with Gasteiger partial charge in [0.15, 0.2) is 0 Å². The lowest BCUT2D eigenvalue weighted by atomic mass is 10.1. The lowest BCUT2D eigenvalue weighted by molar-refractivity contribution is 0.0779. The number of halogens is 1. The molecule has 29 heavy (non-hydrogen) atoms. The first-order chi connectivity index (χ1) is 13.5. The van der Waals surface area contributed by atoms with Crippen LogP contribution in [0.4, 0.5) is 0 Å². The van der Waals surface area contributed by atoms with Gasteiger partial charge in [0.05, 0.1) is 34.4 Å². The molecule has 2 atom stereocenters. The number of hydrogen-bond acceptors (Lipinski definition) is 6. The molecule has 1 saturated heterocycles. The fraction of sp³-hybridized carbons (Fsp3) is 0.350. The van der Waals surface area contributed by atoms with Gasteiger partial charge in [-0.05, 0) is 24.5 Å². The highest BCUT2D eigenvalue weighted by atomic mass is 35.5. The van der Waals surface area contributed by atoms with Crippen molar-refractivity contribution in [3.63, 3.8) is 0 Å². The van der Waals surface area contributed by atoms with Crippen molar-refractivity contribution in [1.29, 1.82) is 0 Å². The molecule has 7 nitrogen and oxygen atoms in total. The molecule has 3 heterocycles. The number of aromatic nitrogens is 3. The van der Waals surface area contributed by atoms with Gasteiger partial charge in [-0.25, -0.2) is 9.97 Å². The summed E-state index contributed by atoms with van der Waals surface area (Å²) in [6, 6.07) is 8.18. The Balaban J connectivity index is 0.00000240. The molecule has 4 rings (SSSR count). The van der Waals surface area contributed by atoms with E-state index in [0.717, 1.165) is 16.8 Å². The van der Waals surface area contributed by atoms with Gasteiger partial charge in [-0.3, -0.25) is 4.79 Å². The number of hydrogen-bond donors (Lipinski definition) is 3. The normalized spacial score (nSPS) is 18.4. The van der Waals surface area contributed by atoms with Crippen LogP contribution in [-0.2, 0) is 6.54 Å². The molecule has 3 N–H and O–H groups in total. The molecule has 1 aliphatic rings. The van der Waals surface area contributed by atoms with Crippen molar-refractivity contribution in [2.75, 3.05) is 13.6 Å². The Hall–Kier alpha value is -2.26. The first-order valence-corrected chi connectivity index (χ1v) is 10.1. The number of nitrogens with one attached hydrogen (secondary N) is 2. The van der Waals surface area contributed by atoms with Crippen LogP contribution < -0.4 is 5.32 Å². The number of carbonyl (C=O) groups excluding carboxylic acids is 1. The van der Waals surface area contributed by atoms with Crippen molar-refractivity contribution in [2.24, 2.45) is 0 Å². The molecule has 0 unspecified atom stereocenters. The van der Waals surface area contributed by atoms with Gasteiger partial charge in [0.2, 0.25) is 0 Å². The second kappa shape index (κ2) is 9.04. The van der Waals surface area contributed by atoms with Crippen LogP contribution in [0.25, 0.3) is 10.4 Å². The molecular weight excluding hydrogens is 410 g/mol. The summed E-state index contributed by atoms with van der Waals surface area (Å²) in [7, 11) is 1.78. The van der Waals surface area contributed by atoms with Gasteiger partial charge in [0.1, 0.15) is 11.5 Å². The molecule has 9 heteroatoms. The van der Waals surface area contributed by atoms with E-state index >= 15 is 0 Å². The molecule has 1 amide bonds. The van der Waals surface area contributed by atoms with Gasteiger partial charge < -0.3 is 20.3 Å². The number of aliphatic hydroxyl groups excluding tert-OH is 1. The Morgan fingerprint density at radius 3 is 2.69 bits per heavy atom. The fourth-order valence-corrected chi connectivity index (χ4v) is 4.25. The van der Waals surface area contributed by atoms with Crippen molar-refractivity contribution in [3.05, 3.63) is 58.7 Å². The van der Waals surface area contributed by atoms with Crippen LogP contribution in [0.5, 0.6) is 0 Å². The minimum Gasteiger partial charge on any atom is -0.392 e. The summed E-state index contributed by atoms with van der Waals surface area (Å²) in [5, 5.41) is 12.8. The fourth-order valence-electron chi connectivity index (χ4n) is 3.44. The molecule has 0 bridgehead atoms. The third-order valence-corrected chi connectivity index (χ3v) is 5.97. The number of β-amino-alcohol motifs (C(OH)–C–C–N with tert-alkyl or cyclic N) is 1. The molecule has 154 valence electrons. The largest absolute Gasteiger partial charge is 0.392 e. The highest BCUT2D eigenvalue weighted by molar-refractivity contribution is 7.13. The number of thiazole rings is 1. The molecule has 1 aliphatic heterocycles. The van der Waals surface area contributed by atoms with Crippen molar-refractivity contribution in [2.45, 2.75) is 32.0 Å². The minimum atomic E-state index is -0.367. The number of aromatic amines is 1. The van der Waals surface area contributed by atoms with Gasteiger partial charge in [-0.2, -0.15) is 0 Å². The van der Waals surface area contributed by atoms with E-state index in [0.29, 0.717) is 31.0 Å². The maximum atomic E-state index is 12.7. The zero-order valence-electron chi connectivity index (χ0n) is 16.3. The van der Waals surface area contributed by atoms with Gasteiger partial charge in [0, 0.05) is 20.1 Å². The van der Waals surface area contributed by atoms with Gasteiger partial charge >= 0.3 is 0 Å². The van der Waals surface area contributed by atoms with Crippen LogP contribution in [0.15, 0.2) is 36.0 Å².